The minimum atomic E-state index is -0.0565. The first-order chi connectivity index (χ1) is 15.0. The number of para-hydroxylation sites is 1. The number of carbonyl (C=O) groups is 1. The molecule has 2 heterocycles. The molecule has 0 aliphatic heterocycles. The summed E-state index contributed by atoms with van der Waals surface area (Å²) in [7, 11) is 0. The Bertz CT molecular complexity index is 1210. The van der Waals surface area contributed by atoms with Crippen LogP contribution in [0.15, 0.2) is 59.8 Å². The van der Waals surface area contributed by atoms with E-state index in [2.05, 4.69) is 20.4 Å². The SMILES string of the molecule is CSc1nc2nc(C)c(CCC(=O)Nc3ccc(Oc4ccccc4)cc3)c(C)n2n1. The van der Waals surface area contributed by atoms with Gasteiger partial charge >= 0.3 is 0 Å². The van der Waals surface area contributed by atoms with E-state index in [1.54, 1.807) is 4.52 Å². The maximum atomic E-state index is 12.5. The van der Waals surface area contributed by atoms with Crippen LogP contribution in [0, 0.1) is 13.8 Å². The van der Waals surface area contributed by atoms with Gasteiger partial charge in [-0.05, 0) is 68.5 Å². The van der Waals surface area contributed by atoms with Crippen LogP contribution in [0.2, 0.25) is 0 Å². The number of aromatic nitrogens is 4. The van der Waals surface area contributed by atoms with Crippen LogP contribution in [-0.4, -0.2) is 31.7 Å². The Labute approximate surface area is 184 Å². The minimum Gasteiger partial charge on any atom is -0.457 e. The zero-order valence-corrected chi connectivity index (χ0v) is 18.4. The number of amides is 1. The van der Waals surface area contributed by atoms with E-state index in [1.807, 2.05) is 74.7 Å². The summed E-state index contributed by atoms with van der Waals surface area (Å²) >= 11 is 1.48. The standard InChI is InChI=1S/C23H23N5O2S/c1-15-20(16(2)28-22(24-15)26-23(27-28)31-3)13-14-21(29)25-17-9-11-19(12-10-17)30-18-7-5-4-6-8-18/h4-12H,13-14H2,1-3H3,(H,25,29). The number of rotatable bonds is 7. The molecule has 0 aliphatic carbocycles. The van der Waals surface area contributed by atoms with Crippen molar-refractivity contribution in [3.63, 3.8) is 0 Å². The lowest BCUT2D eigenvalue weighted by atomic mass is 10.1. The molecule has 0 saturated carbocycles. The monoisotopic (exact) mass is 433 g/mol. The summed E-state index contributed by atoms with van der Waals surface area (Å²) in [4.78, 5) is 21.4. The van der Waals surface area contributed by atoms with E-state index in [0.29, 0.717) is 29.5 Å². The van der Waals surface area contributed by atoms with Crippen molar-refractivity contribution >= 4 is 29.1 Å². The summed E-state index contributed by atoms with van der Waals surface area (Å²) in [5.74, 6) is 2.02. The second-order valence-corrected chi connectivity index (χ2v) is 7.83. The molecule has 4 rings (SSSR count). The largest absolute Gasteiger partial charge is 0.457 e. The maximum absolute atomic E-state index is 12.5. The number of anilines is 1. The van der Waals surface area contributed by atoms with E-state index in [-0.39, 0.29) is 5.91 Å². The molecule has 2 aromatic carbocycles. The number of carbonyl (C=O) groups excluding carboxylic acids is 1. The van der Waals surface area contributed by atoms with Gasteiger partial charge in [-0.25, -0.2) is 9.50 Å². The number of nitrogens with zero attached hydrogens (tertiary/aromatic N) is 4. The first kappa shape index (κ1) is 20.9. The van der Waals surface area contributed by atoms with Crippen LogP contribution in [-0.2, 0) is 11.2 Å². The number of nitrogens with one attached hydrogen (secondary N) is 1. The molecule has 1 amide bonds. The van der Waals surface area contributed by atoms with Gasteiger partial charge in [-0.15, -0.1) is 5.10 Å². The number of aryl methyl sites for hydroxylation is 2. The van der Waals surface area contributed by atoms with Crippen LogP contribution in [0.4, 0.5) is 5.69 Å². The zero-order valence-electron chi connectivity index (χ0n) is 17.6. The lowest BCUT2D eigenvalue weighted by molar-refractivity contribution is -0.116. The van der Waals surface area contributed by atoms with Crippen molar-refractivity contribution in [2.24, 2.45) is 0 Å². The fourth-order valence-electron chi connectivity index (χ4n) is 3.33. The quantitative estimate of drug-likeness (QED) is 0.421. The molecule has 0 unspecified atom stereocenters. The highest BCUT2D eigenvalue weighted by Gasteiger charge is 2.14. The predicted molar refractivity (Wildman–Crippen MR) is 122 cm³/mol. The van der Waals surface area contributed by atoms with Gasteiger partial charge in [-0.2, -0.15) is 4.98 Å². The molecule has 0 aliphatic rings. The van der Waals surface area contributed by atoms with E-state index in [9.17, 15) is 4.79 Å². The molecule has 0 bridgehead atoms. The van der Waals surface area contributed by atoms with Crippen LogP contribution in [0.25, 0.3) is 5.78 Å². The third-order valence-corrected chi connectivity index (χ3v) is 5.47. The number of hydrogen-bond acceptors (Lipinski definition) is 6. The number of fused-ring (bicyclic) bond motifs is 1. The minimum absolute atomic E-state index is 0.0565. The van der Waals surface area contributed by atoms with Crippen molar-refractivity contribution in [2.45, 2.75) is 31.8 Å². The Morgan fingerprint density at radius 2 is 1.74 bits per heavy atom. The first-order valence-corrected chi connectivity index (χ1v) is 11.2. The zero-order chi connectivity index (χ0) is 21.8. The predicted octanol–water partition coefficient (Wildman–Crippen LogP) is 4.83. The lowest BCUT2D eigenvalue weighted by Gasteiger charge is -2.11. The second kappa shape index (κ2) is 9.18. The van der Waals surface area contributed by atoms with Crippen LogP contribution >= 0.6 is 11.8 Å². The van der Waals surface area contributed by atoms with Gasteiger partial charge < -0.3 is 10.1 Å². The average molecular weight is 434 g/mol. The molecule has 4 aromatic rings. The van der Waals surface area contributed by atoms with Gasteiger partial charge in [0.25, 0.3) is 5.78 Å². The van der Waals surface area contributed by atoms with E-state index in [0.717, 1.165) is 28.4 Å². The topological polar surface area (TPSA) is 81.4 Å². The normalized spacial score (nSPS) is 10.9. The van der Waals surface area contributed by atoms with Gasteiger partial charge in [0.2, 0.25) is 11.1 Å². The van der Waals surface area contributed by atoms with Crippen molar-refractivity contribution < 1.29 is 9.53 Å². The summed E-state index contributed by atoms with van der Waals surface area (Å²) in [6.45, 7) is 3.93. The highest BCUT2D eigenvalue weighted by atomic mass is 32.2. The molecule has 158 valence electrons. The van der Waals surface area contributed by atoms with E-state index in [1.165, 1.54) is 11.8 Å². The van der Waals surface area contributed by atoms with Gasteiger partial charge in [0, 0.05) is 23.5 Å². The average Bonchev–Trinajstić information content (AvgIpc) is 3.19. The highest BCUT2D eigenvalue weighted by Crippen LogP contribution is 2.23. The lowest BCUT2D eigenvalue weighted by Crippen LogP contribution is -2.14. The molecular formula is C23H23N5O2S. The van der Waals surface area contributed by atoms with Gasteiger partial charge in [-0.1, -0.05) is 30.0 Å². The second-order valence-electron chi connectivity index (χ2n) is 7.06. The third-order valence-electron chi connectivity index (χ3n) is 4.93. The van der Waals surface area contributed by atoms with Crippen molar-refractivity contribution in [1.29, 1.82) is 0 Å². The number of benzene rings is 2. The van der Waals surface area contributed by atoms with Gasteiger partial charge in [0.1, 0.15) is 11.5 Å². The van der Waals surface area contributed by atoms with Gasteiger partial charge in [0.05, 0.1) is 0 Å². The van der Waals surface area contributed by atoms with Gasteiger partial charge in [-0.3, -0.25) is 4.79 Å². The molecular weight excluding hydrogens is 410 g/mol. The third kappa shape index (κ3) is 4.86. The van der Waals surface area contributed by atoms with Crippen LogP contribution in [0.5, 0.6) is 11.5 Å². The molecule has 0 radical (unpaired) electrons. The Kier molecular flexibility index (Phi) is 6.18. The Balaban J connectivity index is 1.38. The molecule has 0 spiro atoms. The van der Waals surface area contributed by atoms with Crippen LogP contribution in [0.3, 0.4) is 0 Å². The summed E-state index contributed by atoms with van der Waals surface area (Å²) < 4.78 is 7.53. The van der Waals surface area contributed by atoms with Crippen molar-refractivity contribution in [3.8, 4) is 11.5 Å². The Hall–Kier alpha value is -3.39. The summed E-state index contributed by atoms with van der Waals surface area (Å²) in [6, 6.07) is 16.9. The molecule has 0 saturated heterocycles. The van der Waals surface area contributed by atoms with Crippen molar-refractivity contribution in [1.82, 2.24) is 19.6 Å². The fourth-order valence-corrected chi connectivity index (χ4v) is 3.67. The van der Waals surface area contributed by atoms with Crippen molar-refractivity contribution in [2.75, 3.05) is 11.6 Å². The smallest absolute Gasteiger partial charge is 0.253 e. The number of ether oxygens (including phenoxy) is 1. The number of thioether (sulfide) groups is 1. The summed E-state index contributed by atoms with van der Waals surface area (Å²) in [5.41, 5.74) is 3.59. The highest BCUT2D eigenvalue weighted by molar-refractivity contribution is 7.98. The molecule has 7 nitrogen and oxygen atoms in total. The maximum Gasteiger partial charge on any atom is 0.253 e. The van der Waals surface area contributed by atoms with Crippen molar-refractivity contribution in [3.05, 3.63) is 71.5 Å². The summed E-state index contributed by atoms with van der Waals surface area (Å²) in [6.07, 6.45) is 2.86. The molecule has 8 heteroatoms. The Morgan fingerprint density at radius 3 is 2.45 bits per heavy atom. The molecule has 1 N–H and O–H groups in total. The van der Waals surface area contributed by atoms with E-state index < -0.39 is 0 Å². The molecule has 31 heavy (non-hydrogen) atoms. The molecule has 0 fully saturated rings. The molecule has 0 atom stereocenters. The first-order valence-electron chi connectivity index (χ1n) is 9.93. The molecule has 2 aromatic heterocycles. The van der Waals surface area contributed by atoms with Crippen LogP contribution < -0.4 is 10.1 Å². The van der Waals surface area contributed by atoms with E-state index >= 15 is 0 Å². The summed E-state index contributed by atoms with van der Waals surface area (Å²) in [5, 5.41) is 8.08. The Morgan fingerprint density at radius 1 is 1.03 bits per heavy atom. The van der Waals surface area contributed by atoms with E-state index in [4.69, 9.17) is 4.74 Å². The van der Waals surface area contributed by atoms with Crippen LogP contribution in [0.1, 0.15) is 23.4 Å². The fraction of sp³-hybridized carbons (Fsp3) is 0.217. The number of hydrogen-bond donors (Lipinski definition) is 1. The van der Waals surface area contributed by atoms with Gasteiger partial charge in [0.15, 0.2) is 0 Å².